The summed E-state index contributed by atoms with van der Waals surface area (Å²) in [4.78, 5) is 26.6. The SMILES string of the molecule is CC(C=O)C1(C)C(=O)C(C)(C(C)Oc2ccc(F)cc2)C(c2ccccc2)=C1c1ccccc1. The monoisotopic (exact) mass is 456 g/mol. The van der Waals surface area contributed by atoms with Crippen LogP contribution in [0.25, 0.3) is 11.1 Å². The number of hydrogen-bond donors (Lipinski definition) is 0. The van der Waals surface area contributed by atoms with Gasteiger partial charge in [0.25, 0.3) is 0 Å². The van der Waals surface area contributed by atoms with E-state index < -0.39 is 22.9 Å². The van der Waals surface area contributed by atoms with Crippen LogP contribution in [0.15, 0.2) is 84.9 Å². The number of Topliss-reactive ketones (excluding diaryl/α,β-unsaturated/α-hetero) is 1. The van der Waals surface area contributed by atoms with E-state index >= 15 is 0 Å². The summed E-state index contributed by atoms with van der Waals surface area (Å²) in [5, 5.41) is 0. The van der Waals surface area contributed by atoms with Crippen molar-refractivity contribution < 1.29 is 18.7 Å². The summed E-state index contributed by atoms with van der Waals surface area (Å²) in [6, 6.07) is 25.4. The molecule has 1 aliphatic carbocycles. The molecule has 0 N–H and O–H groups in total. The number of allylic oxidation sites excluding steroid dienone is 1. The number of ketones is 1. The second-order valence-electron chi connectivity index (χ2n) is 9.35. The Morgan fingerprint density at radius 1 is 0.765 bits per heavy atom. The van der Waals surface area contributed by atoms with Gasteiger partial charge in [-0.2, -0.15) is 0 Å². The highest BCUT2D eigenvalue weighted by Crippen LogP contribution is 2.61. The maximum Gasteiger partial charge on any atom is 0.157 e. The van der Waals surface area contributed by atoms with Gasteiger partial charge in [-0.1, -0.05) is 67.6 Å². The first-order valence-electron chi connectivity index (χ1n) is 11.5. The van der Waals surface area contributed by atoms with Crippen LogP contribution in [0.2, 0.25) is 0 Å². The maximum absolute atomic E-state index is 14.5. The molecule has 0 aromatic heterocycles. The Kier molecular flexibility index (Phi) is 6.26. The maximum atomic E-state index is 14.5. The zero-order valence-corrected chi connectivity index (χ0v) is 19.9. The second-order valence-corrected chi connectivity index (χ2v) is 9.35. The highest BCUT2D eigenvalue weighted by Gasteiger charge is 2.62. The molecule has 0 saturated carbocycles. The van der Waals surface area contributed by atoms with Crippen molar-refractivity contribution in [2.24, 2.45) is 16.7 Å². The van der Waals surface area contributed by atoms with E-state index in [1.807, 2.05) is 81.4 Å². The fraction of sp³-hybridized carbons (Fsp3) is 0.267. The average Bonchev–Trinajstić information content (AvgIpc) is 3.06. The molecule has 0 radical (unpaired) electrons. The first kappa shape index (κ1) is 23.6. The molecule has 4 unspecified atom stereocenters. The molecule has 1 aliphatic rings. The molecule has 3 nitrogen and oxygen atoms in total. The second kappa shape index (κ2) is 9.02. The molecule has 0 heterocycles. The molecule has 3 aromatic rings. The van der Waals surface area contributed by atoms with E-state index in [0.29, 0.717) is 5.75 Å². The van der Waals surface area contributed by atoms with Crippen LogP contribution < -0.4 is 4.74 Å². The molecule has 0 spiro atoms. The van der Waals surface area contributed by atoms with Gasteiger partial charge in [-0.25, -0.2) is 4.39 Å². The minimum atomic E-state index is -1.06. The standard InChI is InChI=1S/C30H29FO3/c1-20(19-32)29(3)26(22-11-7-5-8-12-22)27(23-13-9-6-10-14-23)30(4,28(29)33)21(2)34-25-17-15-24(31)16-18-25/h5-21H,1-4H3. The smallest absolute Gasteiger partial charge is 0.157 e. The number of benzene rings is 3. The molecule has 0 saturated heterocycles. The summed E-state index contributed by atoms with van der Waals surface area (Å²) in [7, 11) is 0. The number of carbonyl (C=O) groups is 2. The Bertz CT molecular complexity index is 1220. The van der Waals surface area contributed by atoms with Crippen LogP contribution in [0.3, 0.4) is 0 Å². The van der Waals surface area contributed by atoms with Crippen LogP contribution in [-0.2, 0) is 9.59 Å². The van der Waals surface area contributed by atoms with Gasteiger partial charge >= 0.3 is 0 Å². The van der Waals surface area contributed by atoms with E-state index in [9.17, 15) is 14.0 Å². The lowest BCUT2D eigenvalue weighted by atomic mass is 9.67. The minimum Gasteiger partial charge on any atom is -0.489 e. The van der Waals surface area contributed by atoms with Gasteiger partial charge in [0.05, 0.1) is 10.8 Å². The molecular formula is C30H29FO3. The molecule has 4 atom stereocenters. The van der Waals surface area contributed by atoms with E-state index in [1.54, 1.807) is 19.1 Å². The molecular weight excluding hydrogens is 427 g/mol. The van der Waals surface area contributed by atoms with Crippen molar-refractivity contribution in [1.29, 1.82) is 0 Å². The lowest BCUT2D eigenvalue weighted by Gasteiger charge is -2.36. The first-order chi connectivity index (χ1) is 16.2. The summed E-state index contributed by atoms with van der Waals surface area (Å²) >= 11 is 0. The third-order valence-electron chi connectivity index (χ3n) is 7.41. The van der Waals surface area contributed by atoms with Crippen molar-refractivity contribution in [2.45, 2.75) is 33.8 Å². The van der Waals surface area contributed by atoms with E-state index in [1.165, 1.54) is 12.1 Å². The molecule has 4 rings (SSSR count). The van der Waals surface area contributed by atoms with Gasteiger partial charge in [0, 0.05) is 5.92 Å². The van der Waals surface area contributed by atoms with Gasteiger partial charge in [-0.3, -0.25) is 4.79 Å². The lowest BCUT2D eigenvalue weighted by molar-refractivity contribution is -0.137. The molecule has 0 aliphatic heterocycles. The van der Waals surface area contributed by atoms with E-state index in [4.69, 9.17) is 4.74 Å². The van der Waals surface area contributed by atoms with Crippen LogP contribution in [-0.4, -0.2) is 18.2 Å². The fourth-order valence-corrected chi connectivity index (χ4v) is 5.18. The third kappa shape index (κ3) is 3.67. The molecule has 0 amide bonds. The third-order valence-corrected chi connectivity index (χ3v) is 7.41. The van der Waals surface area contributed by atoms with Crippen molar-refractivity contribution >= 4 is 23.2 Å². The Morgan fingerprint density at radius 2 is 1.24 bits per heavy atom. The van der Waals surface area contributed by atoms with E-state index in [0.717, 1.165) is 28.6 Å². The van der Waals surface area contributed by atoms with E-state index in [-0.39, 0.29) is 11.6 Å². The average molecular weight is 457 g/mol. The molecule has 4 heteroatoms. The molecule has 174 valence electrons. The highest BCUT2D eigenvalue weighted by atomic mass is 19.1. The summed E-state index contributed by atoms with van der Waals surface area (Å²) in [6.45, 7) is 7.44. The Hall–Kier alpha value is -3.53. The van der Waals surface area contributed by atoms with Gasteiger partial charge < -0.3 is 9.53 Å². The number of aldehydes is 1. The summed E-state index contributed by atoms with van der Waals surface area (Å²) in [6.07, 6.45) is 0.279. The van der Waals surface area contributed by atoms with Gasteiger partial charge in [-0.15, -0.1) is 0 Å². The summed E-state index contributed by atoms with van der Waals surface area (Å²) < 4.78 is 19.7. The summed E-state index contributed by atoms with van der Waals surface area (Å²) in [5.74, 6) is -0.485. The van der Waals surface area contributed by atoms with E-state index in [2.05, 4.69) is 0 Å². The Morgan fingerprint density at radius 3 is 1.71 bits per heavy atom. The normalized spacial score (nSPS) is 24.1. The van der Waals surface area contributed by atoms with Crippen LogP contribution in [0.4, 0.5) is 4.39 Å². The van der Waals surface area contributed by atoms with Crippen molar-refractivity contribution in [3.8, 4) is 5.75 Å². The molecule has 3 aromatic carbocycles. The Labute approximate surface area is 200 Å². The summed E-state index contributed by atoms with van der Waals surface area (Å²) in [5.41, 5.74) is 1.41. The number of carbonyl (C=O) groups excluding carboxylic acids is 2. The number of ether oxygens (including phenoxy) is 1. The van der Waals surface area contributed by atoms with Crippen LogP contribution in [0.1, 0.15) is 38.8 Å². The quantitative estimate of drug-likeness (QED) is 0.375. The fourth-order valence-electron chi connectivity index (χ4n) is 5.18. The zero-order valence-electron chi connectivity index (χ0n) is 19.9. The van der Waals surface area contributed by atoms with Gasteiger partial charge in [0.1, 0.15) is 24.0 Å². The van der Waals surface area contributed by atoms with Crippen molar-refractivity contribution in [1.82, 2.24) is 0 Å². The van der Waals surface area contributed by atoms with Crippen LogP contribution in [0, 0.1) is 22.6 Å². The van der Waals surface area contributed by atoms with Crippen molar-refractivity contribution in [2.75, 3.05) is 0 Å². The van der Waals surface area contributed by atoms with Crippen LogP contribution in [0.5, 0.6) is 5.75 Å². The van der Waals surface area contributed by atoms with Crippen molar-refractivity contribution in [3.63, 3.8) is 0 Å². The predicted molar refractivity (Wildman–Crippen MR) is 133 cm³/mol. The highest BCUT2D eigenvalue weighted by molar-refractivity contribution is 6.22. The molecule has 34 heavy (non-hydrogen) atoms. The predicted octanol–water partition coefficient (Wildman–Crippen LogP) is 6.63. The lowest BCUT2D eigenvalue weighted by Crippen LogP contribution is -2.46. The van der Waals surface area contributed by atoms with Gasteiger partial charge in [0.2, 0.25) is 0 Å². The number of halogens is 1. The largest absolute Gasteiger partial charge is 0.489 e. The van der Waals surface area contributed by atoms with Gasteiger partial charge in [0.15, 0.2) is 5.78 Å². The van der Waals surface area contributed by atoms with Crippen molar-refractivity contribution in [3.05, 3.63) is 102 Å². The zero-order chi connectivity index (χ0) is 24.5. The van der Waals surface area contributed by atoms with Gasteiger partial charge in [-0.05, 0) is 67.3 Å². The molecule has 0 fully saturated rings. The molecule has 0 bridgehead atoms. The topological polar surface area (TPSA) is 43.4 Å². The number of rotatable bonds is 7. The number of hydrogen-bond acceptors (Lipinski definition) is 3. The Balaban J connectivity index is 1.99. The first-order valence-corrected chi connectivity index (χ1v) is 11.5. The van der Waals surface area contributed by atoms with Crippen LogP contribution >= 0.6 is 0 Å². The minimum absolute atomic E-state index is 0.0630.